The van der Waals surface area contributed by atoms with Crippen molar-refractivity contribution < 1.29 is 9.53 Å². The number of halogens is 1. The molecule has 1 aliphatic rings. The largest absolute Gasteiger partial charge is 0.355 e. The topological polar surface area (TPSA) is 26.3 Å². The van der Waals surface area contributed by atoms with Gasteiger partial charge in [-0.15, -0.1) is 0 Å². The van der Waals surface area contributed by atoms with E-state index in [-0.39, 0.29) is 12.0 Å². The highest BCUT2D eigenvalue weighted by Gasteiger charge is 2.36. The first-order valence-corrected chi connectivity index (χ1v) is 6.71. The van der Waals surface area contributed by atoms with Gasteiger partial charge in [-0.2, -0.15) is 0 Å². The van der Waals surface area contributed by atoms with Crippen LogP contribution in [0.1, 0.15) is 25.3 Å². The summed E-state index contributed by atoms with van der Waals surface area (Å²) in [5.74, 6) is 0.0811. The normalized spacial score (nSPS) is 26.3. The number of rotatable bonds is 4. The van der Waals surface area contributed by atoms with Crippen molar-refractivity contribution in [2.45, 2.75) is 31.5 Å². The van der Waals surface area contributed by atoms with Crippen molar-refractivity contribution in [1.82, 2.24) is 0 Å². The van der Waals surface area contributed by atoms with Crippen LogP contribution in [0.25, 0.3) is 0 Å². The molecule has 100 valence electrons. The Kier molecular flexibility index (Phi) is 4.23. The predicted octanol–water partition coefficient (Wildman–Crippen LogP) is 3.83. The Morgan fingerprint density at radius 2 is 2.00 bits per heavy atom. The summed E-state index contributed by atoms with van der Waals surface area (Å²) in [4.78, 5) is 11.4. The zero-order valence-electron chi connectivity index (χ0n) is 11.0. The van der Waals surface area contributed by atoms with Crippen molar-refractivity contribution in [3.63, 3.8) is 0 Å². The average Bonchev–Trinajstić information content (AvgIpc) is 2.41. The Balaban J connectivity index is 2.29. The van der Waals surface area contributed by atoms with E-state index in [9.17, 15) is 4.79 Å². The molecule has 0 bridgehead atoms. The molecular weight excluding hydrogens is 260 g/mol. The number of allylic oxidation sites excluding steroid dienone is 2. The van der Waals surface area contributed by atoms with Crippen LogP contribution in [0.5, 0.6) is 0 Å². The zero-order valence-corrected chi connectivity index (χ0v) is 11.8. The summed E-state index contributed by atoms with van der Waals surface area (Å²) < 4.78 is 5.67. The van der Waals surface area contributed by atoms with Gasteiger partial charge in [0.1, 0.15) is 0 Å². The maximum atomic E-state index is 11.4. The van der Waals surface area contributed by atoms with E-state index in [4.69, 9.17) is 16.3 Å². The molecule has 3 heteroatoms. The molecule has 1 aromatic carbocycles. The van der Waals surface area contributed by atoms with Crippen LogP contribution in [0.3, 0.4) is 0 Å². The van der Waals surface area contributed by atoms with Gasteiger partial charge in [0.25, 0.3) is 0 Å². The average molecular weight is 277 g/mol. The van der Waals surface area contributed by atoms with E-state index in [2.05, 4.69) is 0 Å². The Hall–Kier alpha value is -1.38. The van der Waals surface area contributed by atoms with Gasteiger partial charge in [0.15, 0.2) is 11.9 Å². The van der Waals surface area contributed by atoms with E-state index in [0.29, 0.717) is 5.03 Å². The van der Waals surface area contributed by atoms with Gasteiger partial charge in [0.2, 0.25) is 0 Å². The number of hydrogen-bond acceptors (Lipinski definition) is 2. The molecule has 0 fully saturated rings. The second kappa shape index (κ2) is 5.72. The number of carbonyl (C=O) groups excluding carboxylic acids is 1. The van der Waals surface area contributed by atoms with Gasteiger partial charge < -0.3 is 4.74 Å². The monoisotopic (exact) mass is 276 g/mol. The van der Waals surface area contributed by atoms with Crippen molar-refractivity contribution in [2.75, 3.05) is 0 Å². The SMILES string of the molecule is CC(C)OC1(C=O)C=CC(c2ccccc2)C=C1Cl. The number of benzene rings is 1. The summed E-state index contributed by atoms with van der Waals surface area (Å²) in [5, 5.41) is 0.424. The third-order valence-electron chi connectivity index (χ3n) is 3.04. The van der Waals surface area contributed by atoms with E-state index in [0.717, 1.165) is 11.8 Å². The molecule has 0 aromatic heterocycles. The number of ether oxygens (including phenoxy) is 1. The van der Waals surface area contributed by atoms with Crippen LogP contribution in [0.15, 0.2) is 53.6 Å². The maximum absolute atomic E-state index is 11.4. The van der Waals surface area contributed by atoms with Crippen LogP contribution in [-0.4, -0.2) is 18.0 Å². The quantitative estimate of drug-likeness (QED) is 0.617. The Morgan fingerprint density at radius 3 is 2.53 bits per heavy atom. The van der Waals surface area contributed by atoms with E-state index in [1.807, 2.05) is 56.3 Å². The van der Waals surface area contributed by atoms with Crippen LogP contribution in [0, 0.1) is 0 Å². The number of hydrogen-bond donors (Lipinski definition) is 0. The molecule has 1 aromatic rings. The third-order valence-corrected chi connectivity index (χ3v) is 3.46. The highest BCUT2D eigenvalue weighted by Crippen LogP contribution is 2.35. The Labute approximate surface area is 118 Å². The van der Waals surface area contributed by atoms with Crippen LogP contribution >= 0.6 is 11.6 Å². The molecule has 2 rings (SSSR count). The minimum atomic E-state index is -1.12. The van der Waals surface area contributed by atoms with Crippen molar-refractivity contribution >= 4 is 17.9 Å². The first kappa shape index (κ1) is 14.0. The summed E-state index contributed by atoms with van der Waals surface area (Å²) in [6.07, 6.45) is 6.25. The van der Waals surface area contributed by atoms with Crippen molar-refractivity contribution in [1.29, 1.82) is 0 Å². The highest BCUT2D eigenvalue weighted by atomic mass is 35.5. The van der Waals surface area contributed by atoms with Gasteiger partial charge >= 0.3 is 0 Å². The molecule has 0 heterocycles. The highest BCUT2D eigenvalue weighted by molar-refractivity contribution is 6.32. The molecule has 0 N–H and O–H groups in total. The Morgan fingerprint density at radius 1 is 1.32 bits per heavy atom. The van der Waals surface area contributed by atoms with E-state index < -0.39 is 5.60 Å². The van der Waals surface area contributed by atoms with Gasteiger partial charge in [-0.25, -0.2) is 0 Å². The van der Waals surface area contributed by atoms with Crippen molar-refractivity contribution in [2.24, 2.45) is 0 Å². The molecule has 0 aliphatic heterocycles. The minimum absolute atomic E-state index is 0.0784. The van der Waals surface area contributed by atoms with Crippen LogP contribution < -0.4 is 0 Å². The second-order valence-electron chi connectivity index (χ2n) is 4.89. The first-order valence-electron chi connectivity index (χ1n) is 6.33. The lowest BCUT2D eigenvalue weighted by Crippen LogP contribution is -2.37. The maximum Gasteiger partial charge on any atom is 0.177 e. The minimum Gasteiger partial charge on any atom is -0.355 e. The van der Waals surface area contributed by atoms with Crippen molar-refractivity contribution in [3.05, 3.63) is 59.2 Å². The predicted molar refractivity (Wildman–Crippen MR) is 77.3 cm³/mol. The van der Waals surface area contributed by atoms with Gasteiger partial charge in [-0.1, -0.05) is 54.1 Å². The molecule has 0 radical (unpaired) electrons. The standard InChI is InChI=1S/C16H17ClO2/c1-12(2)19-16(11-18)9-8-14(10-15(16)17)13-6-4-3-5-7-13/h3-12,14H,1-2H3. The smallest absolute Gasteiger partial charge is 0.177 e. The fraction of sp³-hybridized carbons (Fsp3) is 0.312. The molecule has 2 nitrogen and oxygen atoms in total. The fourth-order valence-electron chi connectivity index (χ4n) is 2.16. The first-order chi connectivity index (χ1) is 9.07. The van der Waals surface area contributed by atoms with Gasteiger partial charge in [-0.05, 0) is 25.5 Å². The zero-order chi connectivity index (χ0) is 13.9. The molecule has 19 heavy (non-hydrogen) atoms. The van der Waals surface area contributed by atoms with Crippen LogP contribution in [-0.2, 0) is 9.53 Å². The van der Waals surface area contributed by atoms with E-state index in [1.165, 1.54) is 0 Å². The number of carbonyl (C=O) groups is 1. The lowest BCUT2D eigenvalue weighted by atomic mass is 9.88. The molecule has 0 saturated carbocycles. The molecule has 0 saturated heterocycles. The lowest BCUT2D eigenvalue weighted by molar-refractivity contribution is -0.125. The third kappa shape index (κ3) is 2.96. The van der Waals surface area contributed by atoms with Gasteiger partial charge in [-0.3, -0.25) is 4.79 Å². The fourth-order valence-corrected chi connectivity index (χ4v) is 2.45. The van der Waals surface area contributed by atoms with Crippen molar-refractivity contribution in [3.8, 4) is 0 Å². The lowest BCUT2D eigenvalue weighted by Gasteiger charge is -2.31. The van der Waals surface area contributed by atoms with Crippen LogP contribution in [0.4, 0.5) is 0 Å². The molecule has 0 spiro atoms. The summed E-state index contributed by atoms with van der Waals surface area (Å²) in [6, 6.07) is 10.0. The second-order valence-corrected chi connectivity index (χ2v) is 5.29. The molecule has 2 atom stereocenters. The van der Waals surface area contributed by atoms with Gasteiger partial charge in [0.05, 0.1) is 11.1 Å². The van der Waals surface area contributed by atoms with E-state index >= 15 is 0 Å². The van der Waals surface area contributed by atoms with Crippen LogP contribution in [0.2, 0.25) is 0 Å². The number of aldehydes is 1. The summed E-state index contributed by atoms with van der Waals surface area (Å²) in [7, 11) is 0. The summed E-state index contributed by atoms with van der Waals surface area (Å²) in [5.41, 5.74) is 0.0158. The summed E-state index contributed by atoms with van der Waals surface area (Å²) in [6.45, 7) is 3.76. The van der Waals surface area contributed by atoms with E-state index in [1.54, 1.807) is 6.08 Å². The summed E-state index contributed by atoms with van der Waals surface area (Å²) >= 11 is 6.28. The molecular formula is C16H17ClO2. The van der Waals surface area contributed by atoms with Gasteiger partial charge in [0, 0.05) is 5.92 Å². The molecule has 0 amide bonds. The Bertz CT molecular complexity index is 505. The molecule has 2 unspecified atom stereocenters. The molecule has 1 aliphatic carbocycles.